The van der Waals surface area contributed by atoms with Crippen LogP contribution in [0.4, 0.5) is 0 Å². The number of aromatic amines is 1. The summed E-state index contributed by atoms with van der Waals surface area (Å²) in [5.74, 6) is 0.879. The van der Waals surface area contributed by atoms with Crippen molar-refractivity contribution >= 4 is 0 Å². The maximum atomic E-state index is 4.78. The summed E-state index contributed by atoms with van der Waals surface area (Å²) in [6.07, 6.45) is 11.1. The molecule has 1 atom stereocenters. The molecule has 1 saturated carbocycles. The Balaban J connectivity index is 1.67. The van der Waals surface area contributed by atoms with Gasteiger partial charge in [-0.05, 0) is 25.5 Å². The topological polar surface area (TPSA) is 71.4 Å². The first-order valence-electron chi connectivity index (χ1n) is 7.99. The SMILES string of the molecule is CCNC(Cc1ccn(C2CCCCC2)n1)c1ncn[nH]1. The lowest BCUT2D eigenvalue weighted by Gasteiger charge is -2.22. The minimum absolute atomic E-state index is 0.146. The van der Waals surface area contributed by atoms with Crippen LogP contribution in [0.3, 0.4) is 0 Å². The molecule has 3 rings (SSSR count). The first-order chi connectivity index (χ1) is 10.4. The van der Waals surface area contributed by atoms with Crippen LogP contribution in [0.5, 0.6) is 0 Å². The molecule has 21 heavy (non-hydrogen) atoms. The fourth-order valence-corrected chi connectivity index (χ4v) is 3.14. The molecule has 1 aliphatic rings. The predicted molar refractivity (Wildman–Crippen MR) is 80.9 cm³/mol. The van der Waals surface area contributed by atoms with Crippen molar-refractivity contribution in [2.24, 2.45) is 0 Å². The third kappa shape index (κ3) is 3.50. The summed E-state index contributed by atoms with van der Waals surface area (Å²) in [5, 5.41) is 15.1. The molecule has 0 saturated heterocycles. The zero-order valence-electron chi connectivity index (χ0n) is 12.6. The van der Waals surface area contributed by atoms with Crippen LogP contribution in [0.2, 0.25) is 0 Å². The van der Waals surface area contributed by atoms with Crippen molar-refractivity contribution in [1.82, 2.24) is 30.3 Å². The smallest absolute Gasteiger partial charge is 0.141 e. The van der Waals surface area contributed by atoms with Crippen molar-refractivity contribution in [2.45, 2.75) is 57.5 Å². The minimum Gasteiger partial charge on any atom is -0.307 e. The monoisotopic (exact) mass is 288 g/mol. The standard InChI is InChI=1S/C15H24N6/c1-2-16-14(15-17-11-18-19-15)10-12-8-9-21(20-12)13-6-4-3-5-7-13/h8-9,11,13-14,16H,2-7,10H2,1H3,(H,17,18,19). The molecule has 0 aliphatic heterocycles. The molecule has 1 fully saturated rings. The molecule has 0 radical (unpaired) electrons. The minimum atomic E-state index is 0.146. The zero-order valence-corrected chi connectivity index (χ0v) is 12.6. The number of hydrogen-bond acceptors (Lipinski definition) is 4. The third-order valence-corrected chi connectivity index (χ3v) is 4.24. The molecule has 2 heterocycles. The van der Waals surface area contributed by atoms with Crippen LogP contribution >= 0.6 is 0 Å². The maximum Gasteiger partial charge on any atom is 0.141 e. The highest BCUT2D eigenvalue weighted by Crippen LogP contribution is 2.27. The highest BCUT2D eigenvalue weighted by molar-refractivity contribution is 5.06. The second kappa shape index (κ2) is 6.85. The molecular weight excluding hydrogens is 264 g/mol. The number of rotatable bonds is 6. The van der Waals surface area contributed by atoms with Crippen LogP contribution in [0, 0.1) is 0 Å². The molecular formula is C15H24N6. The molecule has 0 bridgehead atoms. The Kier molecular flexibility index (Phi) is 4.65. The van der Waals surface area contributed by atoms with E-state index in [1.54, 1.807) is 6.33 Å². The van der Waals surface area contributed by atoms with E-state index in [-0.39, 0.29) is 6.04 Å². The fraction of sp³-hybridized carbons (Fsp3) is 0.667. The Morgan fingerprint density at radius 3 is 2.95 bits per heavy atom. The van der Waals surface area contributed by atoms with Crippen LogP contribution < -0.4 is 5.32 Å². The maximum absolute atomic E-state index is 4.78. The Morgan fingerprint density at radius 1 is 1.38 bits per heavy atom. The van der Waals surface area contributed by atoms with Crippen LogP contribution in [-0.2, 0) is 6.42 Å². The number of H-pyrrole nitrogens is 1. The molecule has 6 nitrogen and oxygen atoms in total. The van der Waals surface area contributed by atoms with Gasteiger partial charge in [0.2, 0.25) is 0 Å². The molecule has 2 aromatic rings. The van der Waals surface area contributed by atoms with E-state index in [1.807, 2.05) is 0 Å². The molecule has 0 amide bonds. The Morgan fingerprint density at radius 2 is 2.24 bits per heavy atom. The highest BCUT2D eigenvalue weighted by Gasteiger charge is 2.18. The van der Waals surface area contributed by atoms with Crippen LogP contribution in [0.1, 0.15) is 62.6 Å². The second-order valence-corrected chi connectivity index (χ2v) is 5.76. The summed E-state index contributed by atoms with van der Waals surface area (Å²) >= 11 is 0. The van der Waals surface area contributed by atoms with Crippen molar-refractivity contribution in [3.63, 3.8) is 0 Å². The van der Waals surface area contributed by atoms with Gasteiger partial charge in [0.1, 0.15) is 12.2 Å². The molecule has 2 N–H and O–H groups in total. The average Bonchev–Trinajstić information content (AvgIpc) is 3.19. The van der Waals surface area contributed by atoms with E-state index in [4.69, 9.17) is 5.10 Å². The number of hydrogen-bond donors (Lipinski definition) is 2. The van der Waals surface area contributed by atoms with Gasteiger partial charge in [0.05, 0.1) is 17.8 Å². The van der Waals surface area contributed by atoms with E-state index in [2.05, 4.69) is 44.4 Å². The molecule has 1 aliphatic carbocycles. The van der Waals surface area contributed by atoms with Gasteiger partial charge in [0, 0.05) is 12.6 Å². The predicted octanol–water partition coefficient (Wildman–Crippen LogP) is 2.40. The fourth-order valence-electron chi connectivity index (χ4n) is 3.14. The van der Waals surface area contributed by atoms with Crippen LogP contribution in [-0.4, -0.2) is 31.5 Å². The summed E-state index contributed by atoms with van der Waals surface area (Å²) in [4.78, 5) is 4.26. The van der Waals surface area contributed by atoms with Gasteiger partial charge in [-0.1, -0.05) is 26.2 Å². The van der Waals surface area contributed by atoms with Gasteiger partial charge in [0.25, 0.3) is 0 Å². The average molecular weight is 288 g/mol. The molecule has 0 aromatic carbocycles. The van der Waals surface area contributed by atoms with Gasteiger partial charge in [0.15, 0.2) is 0 Å². The molecule has 0 spiro atoms. The van der Waals surface area contributed by atoms with E-state index in [0.717, 1.165) is 24.5 Å². The van der Waals surface area contributed by atoms with Gasteiger partial charge in [-0.15, -0.1) is 0 Å². The van der Waals surface area contributed by atoms with Crippen LogP contribution in [0.15, 0.2) is 18.6 Å². The quantitative estimate of drug-likeness (QED) is 0.856. The lowest BCUT2D eigenvalue weighted by molar-refractivity contribution is 0.327. The van der Waals surface area contributed by atoms with Crippen molar-refractivity contribution in [1.29, 1.82) is 0 Å². The van der Waals surface area contributed by atoms with Gasteiger partial charge in [-0.2, -0.15) is 10.2 Å². The van der Waals surface area contributed by atoms with E-state index in [0.29, 0.717) is 6.04 Å². The molecule has 114 valence electrons. The summed E-state index contributed by atoms with van der Waals surface area (Å²) in [6.45, 7) is 3.00. The number of aromatic nitrogens is 5. The number of nitrogens with zero attached hydrogens (tertiary/aromatic N) is 4. The van der Waals surface area contributed by atoms with Gasteiger partial charge >= 0.3 is 0 Å². The lowest BCUT2D eigenvalue weighted by Crippen LogP contribution is -2.24. The lowest BCUT2D eigenvalue weighted by atomic mass is 9.96. The molecule has 2 aromatic heterocycles. The van der Waals surface area contributed by atoms with Crippen molar-refractivity contribution in [2.75, 3.05) is 6.54 Å². The summed E-state index contributed by atoms with van der Waals surface area (Å²) < 4.78 is 2.16. The summed E-state index contributed by atoms with van der Waals surface area (Å²) in [6, 6.07) is 2.87. The largest absolute Gasteiger partial charge is 0.307 e. The molecule has 1 unspecified atom stereocenters. The Labute approximate surface area is 125 Å². The Bertz CT molecular complexity index is 526. The summed E-state index contributed by atoms with van der Waals surface area (Å²) in [5.41, 5.74) is 1.11. The van der Waals surface area contributed by atoms with Crippen molar-refractivity contribution in [3.8, 4) is 0 Å². The van der Waals surface area contributed by atoms with Gasteiger partial charge in [-0.25, -0.2) is 4.98 Å². The third-order valence-electron chi connectivity index (χ3n) is 4.24. The van der Waals surface area contributed by atoms with E-state index < -0.39 is 0 Å². The van der Waals surface area contributed by atoms with Crippen molar-refractivity contribution < 1.29 is 0 Å². The normalized spacial score (nSPS) is 18.0. The van der Waals surface area contributed by atoms with E-state index in [9.17, 15) is 0 Å². The molecule has 6 heteroatoms. The Hall–Kier alpha value is -1.69. The first-order valence-corrected chi connectivity index (χ1v) is 7.99. The first kappa shape index (κ1) is 14.3. The zero-order chi connectivity index (χ0) is 14.5. The summed E-state index contributed by atoms with van der Waals surface area (Å²) in [7, 11) is 0. The van der Waals surface area contributed by atoms with E-state index in [1.165, 1.54) is 32.1 Å². The van der Waals surface area contributed by atoms with Crippen LogP contribution in [0.25, 0.3) is 0 Å². The van der Waals surface area contributed by atoms with Gasteiger partial charge in [-0.3, -0.25) is 9.78 Å². The number of nitrogens with one attached hydrogen (secondary N) is 2. The highest BCUT2D eigenvalue weighted by atomic mass is 15.3. The second-order valence-electron chi connectivity index (χ2n) is 5.76. The number of likely N-dealkylation sites (N-methyl/N-ethyl adjacent to an activating group) is 1. The van der Waals surface area contributed by atoms with Crippen molar-refractivity contribution in [3.05, 3.63) is 30.1 Å². The van der Waals surface area contributed by atoms with E-state index >= 15 is 0 Å². The van der Waals surface area contributed by atoms with Gasteiger partial charge < -0.3 is 5.32 Å².